The molecule has 12 heavy (non-hydrogen) atoms. The molecule has 0 aliphatic carbocycles. The summed E-state index contributed by atoms with van der Waals surface area (Å²) in [6.45, 7) is 6.02. The summed E-state index contributed by atoms with van der Waals surface area (Å²) in [5.41, 5.74) is 1.18. The van der Waals surface area contributed by atoms with Gasteiger partial charge in [-0.15, -0.1) is 0 Å². The smallest absolute Gasteiger partial charge is 0.178 e. The van der Waals surface area contributed by atoms with Crippen molar-refractivity contribution in [3.05, 3.63) is 23.8 Å². The highest BCUT2D eigenvalue weighted by Gasteiger charge is 1.92. The summed E-state index contributed by atoms with van der Waals surface area (Å²) >= 11 is 0. The number of unbranched alkanes of at least 4 members (excludes halogenated alkanes) is 1. The minimum Gasteiger partial charge on any atom is -0.290 e. The van der Waals surface area contributed by atoms with Gasteiger partial charge in [-0.25, -0.2) is 0 Å². The Morgan fingerprint density at radius 2 is 2.08 bits per heavy atom. The molecule has 0 atom stereocenters. The number of carbonyl (C=O) groups excluding carboxylic acids is 1. The first-order chi connectivity index (χ1) is 5.70. The number of carbonyl (C=O) groups is 1. The van der Waals surface area contributed by atoms with Gasteiger partial charge in [0.25, 0.3) is 0 Å². The minimum absolute atomic E-state index is 0.103. The van der Waals surface area contributed by atoms with E-state index in [2.05, 4.69) is 6.92 Å². The third kappa shape index (κ3) is 5.90. The zero-order chi connectivity index (χ0) is 9.40. The first kappa shape index (κ1) is 11.2. The van der Waals surface area contributed by atoms with Gasteiger partial charge < -0.3 is 0 Å². The molecule has 0 heterocycles. The van der Waals surface area contributed by atoms with Crippen molar-refractivity contribution in [1.29, 1.82) is 0 Å². The monoisotopic (exact) mass is 166 g/mol. The second-order valence-electron chi connectivity index (χ2n) is 3.00. The number of rotatable bonds is 5. The molecule has 0 aromatic rings. The van der Waals surface area contributed by atoms with Gasteiger partial charge in [0, 0.05) is 0 Å². The van der Waals surface area contributed by atoms with Gasteiger partial charge in [0.05, 0.1) is 0 Å². The summed E-state index contributed by atoms with van der Waals surface area (Å²) in [5, 5.41) is 0. The van der Waals surface area contributed by atoms with E-state index in [0.717, 1.165) is 6.42 Å². The summed E-state index contributed by atoms with van der Waals surface area (Å²) in [5.74, 6) is 0.103. The Morgan fingerprint density at radius 1 is 1.42 bits per heavy atom. The van der Waals surface area contributed by atoms with E-state index < -0.39 is 0 Å². The van der Waals surface area contributed by atoms with Crippen LogP contribution in [0, 0.1) is 0 Å². The molecule has 0 saturated heterocycles. The maximum absolute atomic E-state index is 11.1. The van der Waals surface area contributed by atoms with Crippen molar-refractivity contribution in [2.75, 3.05) is 0 Å². The highest BCUT2D eigenvalue weighted by atomic mass is 16.1. The van der Waals surface area contributed by atoms with E-state index in [1.54, 1.807) is 18.2 Å². The molecule has 68 valence electrons. The van der Waals surface area contributed by atoms with Crippen LogP contribution < -0.4 is 0 Å². The van der Waals surface area contributed by atoms with E-state index in [1.807, 2.05) is 13.8 Å². The molecule has 0 aromatic heterocycles. The molecular formula is C11H18O. The standard InChI is InChI=1S/C11H18O/c1-4-6-8-10(3)9-11(12)7-5-2/h5,7,9H,4,6,8H2,1-3H3. The van der Waals surface area contributed by atoms with Crippen molar-refractivity contribution < 1.29 is 4.79 Å². The van der Waals surface area contributed by atoms with Crippen molar-refractivity contribution in [1.82, 2.24) is 0 Å². The van der Waals surface area contributed by atoms with E-state index in [9.17, 15) is 4.79 Å². The molecule has 0 aromatic carbocycles. The fourth-order valence-corrected chi connectivity index (χ4v) is 0.983. The Labute approximate surface area is 75.2 Å². The normalized spacial score (nSPS) is 12.4. The van der Waals surface area contributed by atoms with E-state index >= 15 is 0 Å². The summed E-state index contributed by atoms with van der Waals surface area (Å²) in [6, 6.07) is 0. The molecule has 0 fully saturated rings. The van der Waals surface area contributed by atoms with Crippen LogP contribution in [0.15, 0.2) is 23.8 Å². The van der Waals surface area contributed by atoms with Crippen LogP contribution in [-0.2, 0) is 4.79 Å². The molecule has 0 bridgehead atoms. The van der Waals surface area contributed by atoms with E-state index in [0.29, 0.717) is 0 Å². The summed E-state index contributed by atoms with van der Waals surface area (Å²) < 4.78 is 0. The quantitative estimate of drug-likeness (QED) is 0.573. The third-order valence-corrected chi connectivity index (χ3v) is 1.64. The van der Waals surface area contributed by atoms with E-state index in [-0.39, 0.29) is 5.78 Å². The topological polar surface area (TPSA) is 17.1 Å². The lowest BCUT2D eigenvalue weighted by molar-refractivity contribution is -0.110. The highest BCUT2D eigenvalue weighted by Crippen LogP contribution is 2.05. The maximum Gasteiger partial charge on any atom is 0.178 e. The Balaban J connectivity index is 3.89. The highest BCUT2D eigenvalue weighted by molar-refractivity contribution is 5.99. The molecule has 0 saturated carbocycles. The fourth-order valence-electron chi connectivity index (χ4n) is 0.983. The summed E-state index contributed by atoms with van der Waals surface area (Å²) in [4.78, 5) is 11.1. The molecule has 1 heteroatoms. The van der Waals surface area contributed by atoms with Crippen LogP contribution in [0.1, 0.15) is 40.0 Å². The number of ketones is 1. The van der Waals surface area contributed by atoms with Crippen molar-refractivity contribution in [3.63, 3.8) is 0 Å². The summed E-state index contributed by atoms with van der Waals surface area (Å²) in [7, 11) is 0. The molecular weight excluding hydrogens is 148 g/mol. The van der Waals surface area contributed by atoms with Crippen LogP contribution in [0.3, 0.4) is 0 Å². The van der Waals surface area contributed by atoms with Crippen LogP contribution in [0.2, 0.25) is 0 Å². The average Bonchev–Trinajstić information content (AvgIpc) is 2.01. The summed E-state index contributed by atoms with van der Waals surface area (Å²) in [6.07, 6.45) is 8.48. The molecule has 0 radical (unpaired) electrons. The van der Waals surface area contributed by atoms with Crippen LogP contribution >= 0.6 is 0 Å². The number of allylic oxidation sites excluding steroid dienone is 4. The van der Waals surface area contributed by atoms with Gasteiger partial charge in [-0.1, -0.05) is 25.0 Å². The molecule has 0 spiro atoms. The lowest BCUT2D eigenvalue weighted by Crippen LogP contribution is -1.88. The van der Waals surface area contributed by atoms with Crippen molar-refractivity contribution in [2.45, 2.75) is 40.0 Å². The van der Waals surface area contributed by atoms with Gasteiger partial charge in [-0.05, 0) is 38.8 Å². The fraction of sp³-hybridized carbons (Fsp3) is 0.545. The van der Waals surface area contributed by atoms with Crippen LogP contribution in [0.4, 0.5) is 0 Å². The second-order valence-corrected chi connectivity index (χ2v) is 3.00. The molecule has 0 aliphatic heterocycles. The molecule has 0 N–H and O–H groups in total. The van der Waals surface area contributed by atoms with Crippen LogP contribution in [0.5, 0.6) is 0 Å². The van der Waals surface area contributed by atoms with Gasteiger partial charge in [-0.3, -0.25) is 4.79 Å². The van der Waals surface area contributed by atoms with Gasteiger partial charge in [0.1, 0.15) is 0 Å². The predicted molar refractivity (Wildman–Crippen MR) is 53.1 cm³/mol. The van der Waals surface area contributed by atoms with Crippen molar-refractivity contribution in [2.24, 2.45) is 0 Å². The second kappa shape index (κ2) is 6.84. The SMILES string of the molecule is CC=CC(=O)C=C(C)CCCC. The van der Waals surface area contributed by atoms with Gasteiger partial charge >= 0.3 is 0 Å². The average molecular weight is 166 g/mol. The zero-order valence-corrected chi connectivity index (χ0v) is 8.26. The first-order valence-electron chi connectivity index (χ1n) is 4.54. The zero-order valence-electron chi connectivity index (χ0n) is 8.26. The minimum atomic E-state index is 0.103. The molecule has 0 aliphatic rings. The largest absolute Gasteiger partial charge is 0.290 e. The Hall–Kier alpha value is -0.850. The van der Waals surface area contributed by atoms with E-state index in [4.69, 9.17) is 0 Å². The predicted octanol–water partition coefficient (Wildman–Crippen LogP) is 3.27. The third-order valence-electron chi connectivity index (χ3n) is 1.64. The number of hydrogen-bond acceptors (Lipinski definition) is 1. The van der Waals surface area contributed by atoms with Crippen molar-refractivity contribution >= 4 is 5.78 Å². The van der Waals surface area contributed by atoms with Crippen molar-refractivity contribution in [3.8, 4) is 0 Å². The first-order valence-corrected chi connectivity index (χ1v) is 4.54. The Kier molecular flexibility index (Phi) is 6.35. The lowest BCUT2D eigenvalue weighted by Gasteiger charge is -1.96. The lowest BCUT2D eigenvalue weighted by atomic mass is 10.1. The maximum atomic E-state index is 11.1. The molecule has 0 amide bonds. The van der Waals surface area contributed by atoms with Crippen LogP contribution in [-0.4, -0.2) is 5.78 Å². The van der Waals surface area contributed by atoms with Gasteiger partial charge in [0.15, 0.2) is 5.78 Å². The van der Waals surface area contributed by atoms with Gasteiger partial charge in [0.2, 0.25) is 0 Å². The number of hydrogen-bond donors (Lipinski definition) is 0. The van der Waals surface area contributed by atoms with E-state index in [1.165, 1.54) is 18.4 Å². The molecule has 1 nitrogen and oxygen atoms in total. The Bertz CT molecular complexity index is 187. The Morgan fingerprint density at radius 3 is 2.58 bits per heavy atom. The molecule has 0 rings (SSSR count). The van der Waals surface area contributed by atoms with Gasteiger partial charge in [-0.2, -0.15) is 0 Å². The molecule has 0 unspecified atom stereocenters. The van der Waals surface area contributed by atoms with Crippen LogP contribution in [0.25, 0.3) is 0 Å².